The molecule has 0 aromatic heterocycles. The summed E-state index contributed by atoms with van der Waals surface area (Å²) in [6.45, 7) is 22.7. The van der Waals surface area contributed by atoms with E-state index < -0.39 is 0 Å². The second kappa shape index (κ2) is 79.7. The number of hydrogen-bond acceptors (Lipinski definition) is 8. The van der Waals surface area contributed by atoms with Gasteiger partial charge in [-0.2, -0.15) is 0 Å². The Labute approximate surface area is 786 Å². The Balaban J connectivity index is 1.82. The van der Waals surface area contributed by atoms with E-state index in [1.165, 1.54) is 308 Å². The summed E-state index contributed by atoms with van der Waals surface area (Å²) in [4.78, 5) is 0. The maximum Gasteiger partial charge on any atom is 0.162 e. The molecule has 0 atom stereocenters. The molecule has 0 unspecified atom stereocenters. The standard InChI is InChI=1S/C120H176O8/c1-9-17-25-33-41-49-57-73-89-121-113-97-105-81-65-66-83-107-99-115(123-91-75-59-51-43-35-27-19-11-3)117(125-93-77-61-53-45-37-29-21-13-5)101-109(107)85-69-70-87-111-103-119(127-95-79-63-55-47-39-31-23-15-7)120(128-96-80-64-56-48-40-32-24-16-8)104-112(111)88-72-71-86-110-102-118(126-94-78-62-54-46-38-30-22-14-6)116(124-92-76-60-52-44-36-28-20-12-4)100-108(110)84-68-67-82-106(105)98-114(113)122-90-74-58-50-42-34-26-18-10-2/h97-104H,9-64,73-80,89-96H2,1-8H3. The van der Waals surface area contributed by atoms with Crippen LogP contribution in [0.4, 0.5) is 0 Å². The van der Waals surface area contributed by atoms with Crippen LogP contribution in [-0.4, -0.2) is 52.9 Å². The molecule has 0 aliphatic heterocycles. The first-order chi connectivity index (χ1) is 63.4. The number of ether oxygens (including phenoxy) is 8. The first-order valence-corrected chi connectivity index (χ1v) is 53.2. The zero-order valence-corrected chi connectivity index (χ0v) is 82.8. The molecule has 0 radical (unpaired) electrons. The smallest absolute Gasteiger partial charge is 0.162 e. The number of unbranched alkanes of at least 4 members (excludes halogenated alkanes) is 56. The van der Waals surface area contributed by atoms with Gasteiger partial charge in [0.25, 0.3) is 0 Å². The zero-order valence-electron chi connectivity index (χ0n) is 82.8. The second-order valence-corrected chi connectivity index (χ2v) is 36.0. The molecule has 1 aliphatic rings. The number of benzene rings is 4. The summed E-state index contributed by atoms with van der Waals surface area (Å²) in [7, 11) is 0. The first-order valence-electron chi connectivity index (χ1n) is 53.2. The summed E-state index contributed by atoms with van der Waals surface area (Å²) in [5, 5.41) is 0. The van der Waals surface area contributed by atoms with E-state index in [2.05, 4.69) is 150 Å². The lowest BCUT2D eigenvalue weighted by Crippen LogP contribution is -2.04. The van der Waals surface area contributed by atoms with Crippen molar-refractivity contribution in [2.24, 2.45) is 0 Å². The summed E-state index contributed by atoms with van der Waals surface area (Å²) < 4.78 is 54.3. The average molecular weight is 1750 g/mol. The maximum absolute atomic E-state index is 6.79. The lowest BCUT2D eigenvalue weighted by Gasteiger charge is -2.15. The van der Waals surface area contributed by atoms with Crippen LogP contribution in [0.15, 0.2) is 48.5 Å². The SMILES string of the molecule is CCCCCCCCCCOc1cc2c(cc1OCCCCCCCCCC)C#CC#Cc1cc(OCCCCCCCCCC)c(OCCCCCCCCCC)cc1C#CC#Cc1cc(OCCCCCCCCCC)c(OCCCCCCCCCC)cc1C#CC#Cc1cc(OCCCCCCCCCC)c(OCCCCCCCCCC)cc1C#CC#C2. The molecule has 5 rings (SSSR count). The predicted molar refractivity (Wildman–Crippen MR) is 546 cm³/mol. The fraction of sp³-hybridized carbons (Fsp3) is 0.667. The van der Waals surface area contributed by atoms with Crippen LogP contribution < -0.4 is 37.9 Å². The van der Waals surface area contributed by atoms with Gasteiger partial charge in [0, 0.05) is 93.0 Å². The fourth-order valence-corrected chi connectivity index (χ4v) is 16.1. The third kappa shape index (κ3) is 54.4. The maximum atomic E-state index is 6.79. The number of hydrogen-bond donors (Lipinski definition) is 0. The average Bonchev–Trinajstić information content (AvgIpc) is 0.836. The monoisotopic (exact) mass is 1750 g/mol. The highest BCUT2D eigenvalue weighted by Crippen LogP contribution is 2.37. The van der Waals surface area contributed by atoms with Gasteiger partial charge in [-0.3, -0.25) is 0 Å². The van der Waals surface area contributed by atoms with Crippen LogP contribution in [0.5, 0.6) is 46.0 Å². The van der Waals surface area contributed by atoms with E-state index in [0.717, 1.165) is 103 Å². The van der Waals surface area contributed by atoms with Crippen molar-refractivity contribution in [2.45, 2.75) is 466 Å². The van der Waals surface area contributed by atoms with Gasteiger partial charge in [0.15, 0.2) is 46.0 Å². The van der Waals surface area contributed by atoms with E-state index in [-0.39, 0.29) is 0 Å². The minimum Gasteiger partial charge on any atom is -0.490 e. The van der Waals surface area contributed by atoms with Crippen molar-refractivity contribution >= 4 is 0 Å². The molecule has 704 valence electrons. The zero-order chi connectivity index (χ0) is 90.8. The molecular weight excluding hydrogens is 1570 g/mol. The molecule has 4 aromatic carbocycles. The van der Waals surface area contributed by atoms with Crippen LogP contribution in [0.2, 0.25) is 0 Å². The van der Waals surface area contributed by atoms with Crippen molar-refractivity contribution in [1.82, 2.24) is 0 Å². The fourth-order valence-electron chi connectivity index (χ4n) is 16.1. The van der Waals surface area contributed by atoms with E-state index in [1.54, 1.807) is 0 Å². The van der Waals surface area contributed by atoms with Gasteiger partial charge in [-0.15, -0.1) is 0 Å². The van der Waals surface area contributed by atoms with Crippen molar-refractivity contribution in [3.05, 3.63) is 93.0 Å². The van der Waals surface area contributed by atoms with Gasteiger partial charge in [0.1, 0.15) is 0 Å². The molecule has 0 spiro atoms. The van der Waals surface area contributed by atoms with Gasteiger partial charge in [0.2, 0.25) is 0 Å². The molecule has 128 heavy (non-hydrogen) atoms. The quantitative estimate of drug-likeness (QED) is 0.0320. The Morgan fingerprint density at radius 3 is 0.305 bits per heavy atom. The van der Waals surface area contributed by atoms with E-state index >= 15 is 0 Å². The van der Waals surface area contributed by atoms with Crippen LogP contribution >= 0.6 is 0 Å². The predicted octanol–water partition coefficient (Wildman–Crippen LogP) is 33.8. The largest absolute Gasteiger partial charge is 0.490 e. The molecule has 0 heterocycles. The van der Waals surface area contributed by atoms with Crippen LogP contribution in [0.3, 0.4) is 0 Å². The van der Waals surface area contributed by atoms with Gasteiger partial charge in [-0.25, -0.2) is 0 Å². The van der Waals surface area contributed by atoms with Gasteiger partial charge in [-0.1, -0.05) is 462 Å². The molecule has 0 fully saturated rings. The highest BCUT2D eigenvalue weighted by Gasteiger charge is 2.18. The van der Waals surface area contributed by atoms with Crippen molar-refractivity contribution in [3.8, 4) is 141 Å². The van der Waals surface area contributed by atoms with Gasteiger partial charge >= 0.3 is 0 Å². The minimum atomic E-state index is 0.560. The summed E-state index contributed by atoms with van der Waals surface area (Å²) in [6, 6.07) is 16.0. The molecule has 0 N–H and O–H groups in total. The molecule has 8 heteroatoms. The van der Waals surface area contributed by atoms with Crippen molar-refractivity contribution in [3.63, 3.8) is 0 Å². The van der Waals surface area contributed by atoms with Gasteiger partial charge in [0.05, 0.1) is 52.9 Å². The molecule has 0 amide bonds. The molecule has 8 nitrogen and oxygen atoms in total. The van der Waals surface area contributed by atoms with E-state index in [4.69, 9.17) is 37.9 Å². The second-order valence-electron chi connectivity index (χ2n) is 36.0. The van der Waals surface area contributed by atoms with Crippen molar-refractivity contribution in [2.75, 3.05) is 52.9 Å². The molecule has 0 saturated carbocycles. The Morgan fingerprint density at radius 1 is 0.125 bits per heavy atom. The van der Waals surface area contributed by atoms with E-state index in [0.29, 0.717) is 143 Å². The molecule has 0 bridgehead atoms. The lowest BCUT2D eigenvalue weighted by molar-refractivity contribution is 0.258. The Bertz CT molecular complexity index is 3290. The highest BCUT2D eigenvalue weighted by atomic mass is 16.5. The lowest BCUT2D eigenvalue weighted by atomic mass is 10.0. The van der Waals surface area contributed by atoms with Crippen LogP contribution in [0, 0.1) is 94.7 Å². The molecule has 4 aromatic rings. The number of fused-ring (bicyclic) bond motifs is 4. The van der Waals surface area contributed by atoms with Crippen LogP contribution in [0.1, 0.15) is 511 Å². The Morgan fingerprint density at radius 2 is 0.211 bits per heavy atom. The molecule has 0 saturated heterocycles. The Kier molecular flexibility index (Phi) is 68.7. The van der Waals surface area contributed by atoms with Gasteiger partial charge in [-0.05, 0) is 98.7 Å². The molecule has 1 aliphatic carbocycles. The summed E-state index contributed by atoms with van der Waals surface area (Å²) in [5.41, 5.74) is 5.27. The Hall–Kier alpha value is -8.24. The summed E-state index contributed by atoms with van der Waals surface area (Å²) >= 11 is 0. The summed E-state index contributed by atoms with van der Waals surface area (Å²) in [5.74, 6) is 59.5. The van der Waals surface area contributed by atoms with Crippen molar-refractivity contribution in [1.29, 1.82) is 0 Å². The van der Waals surface area contributed by atoms with E-state index in [9.17, 15) is 0 Å². The van der Waals surface area contributed by atoms with Crippen LogP contribution in [-0.2, 0) is 0 Å². The van der Waals surface area contributed by atoms with Crippen LogP contribution in [0.25, 0.3) is 0 Å². The number of rotatable bonds is 80. The highest BCUT2D eigenvalue weighted by molar-refractivity contribution is 5.66. The molecular formula is C120H176O8. The first kappa shape index (κ1) is 110. The van der Waals surface area contributed by atoms with Gasteiger partial charge < -0.3 is 37.9 Å². The third-order valence-electron chi connectivity index (χ3n) is 24.2. The van der Waals surface area contributed by atoms with E-state index in [1.807, 2.05) is 48.5 Å². The van der Waals surface area contributed by atoms with Crippen molar-refractivity contribution < 1.29 is 37.9 Å². The third-order valence-corrected chi connectivity index (χ3v) is 24.2. The minimum absolute atomic E-state index is 0.560. The topological polar surface area (TPSA) is 73.8 Å². The normalized spacial score (nSPS) is 11.2. The summed E-state index contributed by atoms with van der Waals surface area (Å²) in [6.07, 6.45) is 76.8.